The highest BCUT2D eigenvalue weighted by Gasteiger charge is 2.32. The van der Waals surface area contributed by atoms with Gasteiger partial charge in [0, 0.05) is 11.4 Å². The molecule has 5 heteroatoms. The summed E-state index contributed by atoms with van der Waals surface area (Å²) in [5.41, 5.74) is 6.73. The van der Waals surface area contributed by atoms with Gasteiger partial charge in [-0.25, -0.2) is 0 Å². The molecule has 2 N–H and O–H groups in total. The third kappa shape index (κ3) is 2.30. The molecule has 0 radical (unpaired) electrons. The monoisotopic (exact) mass is 306 g/mol. The van der Waals surface area contributed by atoms with E-state index in [2.05, 4.69) is 6.07 Å². The number of halogens is 1. The summed E-state index contributed by atoms with van der Waals surface area (Å²) >= 11 is 7.86. The number of hydrogen-bond donors (Lipinski definition) is 1. The fourth-order valence-electron chi connectivity index (χ4n) is 2.66. The van der Waals surface area contributed by atoms with Crippen molar-refractivity contribution in [3.8, 4) is 0 Å². The van der Waals surface area contributed by atoms with Gasteiger partial charge in [0.2, 0.25) is 0 Å². The third-order valence-corrected chi connectivity index (χ3v) is 5.04. The average molecular weight is 307 g/mol. The lowest BCUT2D eigenvalue weighted by atomic mass is 10.1. The summed E-state index contributed by atoms with van der Waals surface area (Å²) in [6.45, 7) is 0.770. The summed E-state index contributed by atoms with van der Waals surface area (Å²) in [6.07, 6.45) is 2.03. The molecular weight excluding hydrogens is 292 g/mol. The molecule has 1 saturated heterocycles. The van der Waals surface area contributed by atoms with E-state index in [4.69, 9.17) is 17.3 Å². The second-order valence-corrected chi connectivity index (χ2v) is 6.24. The Kier molecular flexibility index (Phi) is 3.68. The number of nitrogens with zero attached hydrogens (tertiary/aromatic N) is 1. The lowest BCUT2D eigenvalue weighted by Crippen LogP contribution is -2.30. The summed E-state index contributed by atoms with van der Waals surface area (Å²) < 4.78 is 0. The van der Waals surface area contributed by atoms with Crippen molar-refractivity contribution in [2.24, 2.45) is 0 Å². The maximum absolute atomic E-state index is 12.7. The first-order valence-corrected chi connectivity index (χ1v) is 7.82. The van der Waals surface area contributed by atoms with E-state index in [0.29, 0.717) is 16.3 Å². The highest BCUT2D eigenvalue weighted by Crippen LogP contribution is 2.36. The summed E-state index contributed by atoms with van der Waals surface area (Å²) in [5, 5.41) is 2.40. The Hall–Kier alpha value is -1.52. The van der Waals surface area contributed by atoms with Crippen LogP contribution in [-0.2, 0) is 0 Å². The van der Waals surface area contributed by atoms with E-state index < -0.39 is 0 Å². The number of carbonyl (C=O) groups is 1. The molecule has 0 aliphatic carbocycles. The molecule has 0 saturated carbocycles. The van der Waals surface area contributed by atoms with Crippen molar-refractivity contribution in [3.63, 3.8) is 0 Å². The van der Waals surface area contributed by atoms with Gasteiger partial charge in [-0.2, -0.15) is 0 Å². The van der Waals surface area contributed by atoms with Crippen molar-refractivity contribution in [1.82, 2.24) is 4.90 Å². The van der Waals surface area contributed by atoms with Gasteiger partial charge in [0.25, 0.3) is 5.91 Å². The lowest BCUT2D eigenvalue weighted by Gasteiger charge is -2.24. The van der Waals surface area contributed by atoms with E-state index >= 15 is 0 Å². The van der Waals surface area contributed by atoms with Gasteiger partial charge in [0.15, 0.2) is 0 Å². The SMILES string of the molecule is Nc1cccc(C(=O)N2CCCC2c2cccs2)c1Cl. The maximum atomic E-state index is 12.7. The molecule has 2 heterocycles. The molecule has 0 bridgehead atoms. The number of nitrogens with two attached hydrogens (primary N) is 1. The van der Waals surface area contributed by atoms with Crippen molar-refractivity contribution < 1.29 is 4.79 Å². The van der Waals surface area contributed by atoms with E-state index in [1.165, 1.54) is 4.88 Å². The Bertz CT molecular complexity index is 627. The largest absolute Gasteiger partial charge is 0.398 e. The molecule has 1 fully saturated rings. The van der Waals surface area contributed by atoms with Crippen LogP contribution in [0.3, 0.4) is 0 Å². The van der Waals surface area contributed by atoms with Crippen LogP contribution < -0.4 is 5.73 Å². The molecule has 2 aromatic rings. The van der Waals surface area contributed by atoms with E-state index in [1.807, 2.05) is 16.3 Å². The molecule has 104 valence electrons. The number of nitrogen functional groups attached to an aromatic ring is 1. The Morgan fingerprint density at radius 3 is 2.95 bits per heavy atom. The van der Waals surface area contributed by atoms with E-state index in [9.17, 15) is 4.79 Å². The zero-order chi connectivity index (χ0) is 14.1. The van der Waals surface area contributed by atoms with Gasteiger partial charge in [-0.05, 0) is 36.4 Å². The van der Waals surface area contributed by atoms with Crippen molar-refractivity contribution in [2.75, 3.05) is 12.3 Å². The van der Waals surface area contributed by atoms with Gasteiger partial charge in [0.05, 0.1) is 22.3 Å². The van der Waals surface area contributed by atoms with Crippen LogP contribution >= 0.6 is 22.9 Å². The Labute approximate surface area is 127 Å². The van der Waals surface area contributed by atoms with Crippen LogP contribution in [0.5, 0.6) is 0 Å². The smallest absolute Gasteiger partial charge is 0.255 e. The van der Waals surface area contributed by atoms with Crippen molar-refractivity contribution >= 4 is 34.5 Å². The normalized spacial score (nSPS) is 18.4. The zero-order valence-corrected chi connectivity index (χ0v) is 12.5. The van der Waals surface area contributed by atoms with E-state index in [-0.39, 0.29) is 11.9 Å². The summed E-state index contributed by atoms with van der Waals surface area (Å²) in [6, 6.07) is 9.49. The predicted molar refractivity (Wildman–Crippen MR) is 83.2 cm³/mol. The van der Waals surface area contributed by atoms with Gasteiger partial charge in [-0.15, -0.1) is 11.3 Å². The summed E-state index contributed by atoms with van der Waals surface area (Å²) in [7, 11) is 0. The Morgan fingerprint density at radius 1 is 1.35 bits per heavy atom. The summed E-state index contributed by atoms with van der Waals surface area (Å²) in [5.74, 6) is -0.0294. The van der Waals surface area contributed by atoms with E-state index in [0.717, 1.165) is 19.4 Å². The van der Waals surface area contributed by atoms with Crippen LogP contribution in [-0.4, -0.2) is 17.4 Å². The van der Waals surface area contributed by atoms with Crippen LogP contribution in [0.1, 0.15) is 34.1 Å². The molecule has 20 heavy (non-hydrogen) atoms. The molecule has 1 aromatic heterocycles. The van der Waals surface area contributed by atoms with Crippen LogP contribution in [0.2, 0.25) is 5.02 Å². The molecular formula is C15H15ClN2OS. The highest BCUT2D eigenvalue weighted by atomic mass is 35.5. The quantitative estimate of drug-likeness (QED) is 0.854. The fourth-order valence-corrected chi connectivity index (χ4v) is 3.74. The number of likely N-dealkylation sites (tertiary alicyclic amines) is 1. The van der Waals surface area contributed by atoms with Gasteiger partial charge >= 0.3 is 0 Å². The third-order valence-electron chi connectivity index (χ3n) is 3.64. The topological polar surface area (TPSA) is 46.3 Å². The predicted octanol–water partition coefficient (Wildman–Crippen LogP) is 3.96. The molecule has 1 amide bonds. The molecule has 0 spiro atoms. The number of anilines is 1. The number of thiophene rings is 1. The van der Waals surface area contributed by atoms with Crippen LogP contribution in [0.4, 0.5) is 5.69 Å². The molecule has 1 aliphatic rings. The lowest BCUT2D eigenvalue weighted by molar-refractivity contribution is 0.0738. The fraction of sp³-hybridized carbons (Fsp3) is 0.267. The first-order valence-electron chi connectivity index (χ1n) is 6.57. The zero-order valence-electron chi connectivity index (χ0n) is 10.9. The number of amides is 1. The molecule has 1 unspecified atom stereocenters. The first-order chi connectivity index (χ1) is 9.68. The molecule has 1 aromatic carbocycles. The van der Waals surface area contributed by atoms with Crippen LogP contribution in [0, 0.1) is 0 Å². The second kappa shape index (κ2) is 5.46. The Balaban J connectivity index is 1.92. The Morgan fingerprint density at radius 2 is 2.20 bits per heavy atom. The molecule has 3 nitrogen and oxygen atoms in total. The van der Waals surface area contributed by atoms with E-state index in [1.54, 1.807) is 29.5 Å². The van der Waals surface area contributed by atoms with Gasteiger partial charge in [0.1, 0.15) is 0 Å². The minimum absolute atomic E-state index is 0.0294. The number of hydrogen-bond acceptors (Lipinski definition) is 3. The molecule has 3 rings (SSSR count). The van der Waals surface area contributed by atoms with Crippen molar-refractivity contribution in [3.05, 3.63) is 51.2 Å². The van der Waals surface area contributed by atoms with Crippen LogP contribution in [0.25, 0.3) is 0 Å². The van der Waals surface area contributed by atoms with Gasteiger partial charge in [-0.1, -0.05) is 23.7 Å². The average Bonchev–Trinajstić information content (AvgIpc) is 3.10. The molecule has 1 atom stereocenters. The van der Waals surface area contributed by atoms with Gasteiger partial charge < -0.3 is 10.6 Å². The summed E-state index contributed by atoms with van der Waals surface area (Å²) in [4.78, 5) is 15.9. The highest BCUT2D eigenvalue weighted by molar-refractivity contribution is 7.10. The molecule has 1 aliphatic heterocycles. The van der Waals surface area contributed by atoms with Gasteiger partial charge in [-0.3, -0.25) is 4.79 Å². The minimum Gasteiger partial charge on any atom is -0.398 e. The van der Waals surface area contributed by atoms with Crippen LogP contribution in [0.15, 0.2) is 35.7 Å². The maximum Gasteiger partial charge on any atom is 0.255 e. The number of rotatable bonds is 2. The van der Waals surface area contributed by atoms with Crippen molar-refractivity contribution in [2.45, 2.75) is 18.9 Å². The standard InChI is InChI=1S/C15H15ClN2OS/c16-14-10(4-1-5-11(14)17)15(19)18-8-2-6-12(18)13-7-3-9-20-13/h1,3-5,7,9,12H,2,6,8,17H2. The number of carbonyl (C=O) groups excluding carboxylic acids is 1. The second-order valence-electron chi connectivity index (χ2n) is 4.88. The number of benzene rings is 1. The van der Waals surface area contributed by atoms with Crippen molar-refractivity contribution in [1.29, 1.82) is 0 Å². The minimum atomic E-state index is -0.0294. The first kappa shape index (κ1) is 13.5.